The van der Waals surface area contributed by atoms with E-state index in [1.54, 1.807) is 0 Å². The first-order valence-corrected chi connectivity index (χ1v) is 23.5. The standard InChI is InChI=1S/C48H84N2O10/c1-7-9-11-13-15-17-19-21-23-25-36-57-44(51)30-34-50(35-31-45(52)58-37-26-24-22-20-18-16-14-12-10-8-2)33-27-29-46(53)60-47-42(55-5)39-41(40-43(47)56-6)48(54)59-38-28-32-49(3)4/h39-40H,7-38H2,1-6H3. The first kappa shape index (κ1) is 54.6. The monoisotopic (exact) mass is 849 g/mol. The van der Waals surface area contributed by atoms with E-state index in [0.29, 0.717) is 45.7 Å². The minimum Gasteiger partial charge on any atom is -0.493 e. The van der Waals surface area contributed by atoms with Gasteiger partial charge in [-0.15, -0.1) is 0 Å². The van der Waals surface area contributed by atoms with Crippen molar-refractivity contribution in [2.24, 2.45) is 0 Å². The summed E-state index contributed by atoms with van der Waals surface area (Å²) >= 11 is 0. The van der Waals surface area contributed by atoms with Crippen molar-refractivity contribution in [3.63, 3.8) is 0 Å². The Hall–Kier alpha value is -3.38. The van der Waals surface area contributed by atoms with Crippen molar-refractivity contribution in [3.8, 4) is 17.2 Å². The van der Waals surface area contributed by atoms with Crippen LogP contribution in [0.4, 0.5) is 0 Å². The highest BCUT2D eigenvalue weighted by molar-refractivity contribution is 5.91. The smallest absolute Gasteiger partial charge is 0.338 e. The second kappa shape index (κ2) is 37.4. The van der Waals surface area contributed by atoms with Gasteiger partial charge in [-0.1, -0.05) is 129 Å². The van der Waals surface area contributed by atoms with Crippen LogP contribution < -0.4 is 14.2 Å². The lowest BCUT2D eigenvalue weighted by Gasteiger charge is -2.21. The summed E-state index contributed by atoms with van der Waals surface area (Å²) < 4.78 is 33.1. The molecule has 0 unspecified atom stereocenters. The zero-order valence-corrected chi connectivity index (χ0v) is 38.8. The molecule has 0 atom stereocenters. The molecule has 0 fully saturated rings. The molecule has 0 aliphatic heterocycles. The first-order valence-electron chi connectivity index (χ1n) is 23.5. The first-order chi connectivity index (χ1) is 29.1. The van der Waals surface area contributed by atoms with Crippen LogP contribution >= 0.6 is 0 Å². The van der Waals surface area contributed by atoms with E-state index in [1.165, 1.54) is 116 Å². The van der Waals surface area contributed by atoms with E-state index < -0.39 is 11.9 Å². The third-order valence-electron chi connectivity index (χ3n) is 10.5. The molecule has 0 saturated carbocycles. The number of nitrogens with zero attached hydrogens (tertiary/aromatic N) is 2. The Morgan fingerprint density at radius 1 is 0.467 bits per heavy atom. The molecule has 1 aromatic carbocycles. The van der Waals surface area contributed by atoms with Crippen molar-refractivity contribution in [2.45, 2.75) is 174 Å². The number of benzene rings is 1. The highest BCUT2D eigenvalue weighted by Gasteiger charge is 2.22. The third-order valence-corrected chi connectivity index (χ3v) is 10.5. The van der Waals surface area contributed by atoms with Crippen LogP contribution in [0.3, 0.4) is 0 Å². The van der Waals surface area contributed by atoms with Crippen molar-refractivity contribution in [1.82, 2.24) is 9.80 Å². The maximum Gasteiger partial charge on any atom is 0.338 e. The quantitative estimate of drug-likeness (QED) is 0.0270. The number of methoxy groups -OCH3 is 2. The number of unbranched alkanes of at least 4 members (excludes halogenated alkanes) is 18. The van der Waals surface area contributed by atoms with E-state index in [9.17, 15) is 19.2 Å². The number of hydrogen-bond donors (Lipinski definition) is 0. The molecule has 0 heterocycles. The zero-order valence-electron chi connectivity index (χ0n) is 38.8. The molecule has 12 heteroatoms. The van der Waals surface area contributed by atoms with Crippen LogP contribution in [0.25, 0.3) is 0 Å². The van der Waals surface area contributed by atoms with Gasteiger partial charge in [0.15, 0.2) is 11.5 Å². The topological polar surface area (TPSA) is 130 Å². The van der Waals surface area contributed by atoms with E-state index in [1.807, 2.05) is 23.9 Å². The van der Waals surface area contributed by atoms with Gasteiger partial charge in [0.05, 0.1) is 52.4 Å². The molecular formula is C48H84N2O10. The van der Waals surface area contributed by atoms with Gasteiger partial charge in [0.25, 0.3) is 0 Å². The fraction of sp³-hybridized carbons (Fsp3) is 0.792. The van der Waals surface area contributed by atoms with Crippen molar-refractivity contribution in [2.75, 3.05) is 74.3 Å². The Bertz CT molecular complexity index is 1210. The lowest BCUT2D eigenvalue weighted by atomic mass is 10.1. The number of carbonyl (C=O) groups excluding carboxylic acids is 4. The van der Waals surface area contributed by atoms with Gasteiger partial charge in [-0.05, 0) is 58.5 Å². The van der Waals surface area contributed by atoms with Gasteiger partial charge < -0.3 is 38.2 Å². The summed E-state index contributed by atoms with van der Waals surface area (Å²) in [6, 6.07) is 2.93. The van der Waals surface area contributed by atoms with E-state index in [4.69, 9.17) is 28.4 Å². The predicted molar refractivity (Wildman–Crippen MR) is 239 cm³/mol. The molecule has 0 aliphatic rings. The number of esters is 4. The van der Waals surface area contributed by atoms with Gasteiger partial charge in [0.1, 0.15) is 0 Å². The van der Waals surface area contributed by atoms with Gasteiger partial charge in [-0.3, -0.25) is 14.4 Å². The van der Waals surface area contributed by atoms with E-state index in [0.717, 1.165) is 45.1 Å². The number of rotatable bonds is 40. The molecule has 1 rings (SSSR count). The summed E-state index contributed by atoms with van der Waals surface area (Å²) in [4.78, 5) is 55.1. The molecule has 0 aliphatic carbocycles. The summed E-state index contributed by atoms with van der Waals surface area (Å²) in [5.41, 5.74) is 0.216. The molecule has 0 saturated heterocycles. The van der Waals surface area contributed by atoms with Gasteiger partial charge in [0, 0.05) is 26.1 Å². The zero-order chi connectivity index (χ0) is 44.1. The van der Waals surface area contributed by atoms with E-state index >= 15 is 0 Å². The molecular weight excluding hydrogens is 765 g/mol. The van der Waals surface area contributed by atoms with Crippen LogP contribution in [0, 0.1) is 0 Å². The minimum absolute atomic E-state index is 0.0604. The molecule has 12 nitrogen and oxygen atoms in total. The third kappa shape index (κ3) is 29.0. The Balaban J connectivity index is 2.64. The van der Waals surface area contributed by atoms with Crippen molar-refractivity contribution < 1.29 is 47.6 Å². The summed E-state index contributed by atoms with van der Waals surface area (Å²) in [5, 5.41) is 0. The summed E-state index contributed by atoms with van der Waals surface area (Å²) in [7, 11) is 6.74. The predicted octanol–water partition coefficient (Wildman–Crippen LogP) is 10.5. The lowest BCUT2D eigenvalue weighted by Crippen LogP contribution is -2.31. The Morgan fingerprint density at radius 2 is 0.883 bits per heavy atom. The molecule has 0 spiro atoms. The summed E-state index contributed by atoms with van der Waals surface area (Å²) in [5.74, 6) is -1.18. The summed E-state index contributed by atoms with van der Waals surface area (Å²) in [6.07, 6.45) is 25.8. The minimum atomic E-state index is -0.534. The van der Waals surface area contributed by atoms with Crippen LogP contribution in [0.5, 0.6) is 17.2 Å². The van der Waals surface area contributed by atoms with Gasteiger partial charge in [-0.25, -0.2) is 4.79 Å². The highest BCUT2D eigenvalue weighted by Crippen LogP contribution is 2.39. The van der Waals surface area contributed by atoms with Gasteiger partial charge in [-0.2, -0.15) is 0 Å². The van der Waals surface area contributed by atoms with Crippen LogP contribution in [-0.4, -0.2) is 108 Å². The average molecular weight is 849 g/mol. The van der Waals surface area contributed by atoms with Crippen LogP contribution in [0.2, 0.25) is 0 Å². The normalized spacial score (nSPS) is 11.2. The van der Waals surface area contributed by atoms with Crippen LogP contribution in [0.1, 0.15) is 185 Å². The maximum atomic E-state index is 13.1. The molecule has 1 aromatic rings. The van der Waals surface area contributed by atoms with Crippen molar-refractivity contribution >= 4 is 23.9 Å². The SMILES string of the molecule is CCCCCCCCCCCCOC(=O)CCN(CCCC(=O)Oc1c(OC)cc(C(=O)OCCCN(C)C)cc1OC)CCC(=O)OCCCCCCCCCCCC. The highest BCUT2D eigenvalue weighted by atomic mass is 16.6. The number of hydrogen-bond acceptors (Lipinski definition) is 12. The fourth-order valence-electron chi connectivity index (χ4n) is 6.87. The molecule has 60 heavy (non-hydrogen) atoms. The number of carbonyl (C=O) groups is 4. The second-order valence-electron chi connectivity index (χ2n) is 16.2. The van der Waals surface area contributed by atoms with Gasteiger partial charge >= 0.3 is 23.9 Å². The van der Waals surface area contributed by atoms with Crippen LogP contribution in [-0.2, 0) is 28.6 Å². The Morgan fingerprint density at radius 3 is 1.30 bits per heavy atom. The van der Waals surface area contributed by atoms with Crippen molar-refractivity contribution in [3.05, 3.63) is 17.7 Å². The molecule has 346 valence electrons. The summed E-state index contributed by atoms with van der Waals surface area (Å²) in [6.45, 7) is 7.59. The maximum absolute atomic E-state index is 13.1. The fourth-order valence-corrected chi connectivity index (χ4v) is 6.87. The molecule has 0 amide bonds. The second-order valence-corrected chi connectivity index (χ2v) is 16.2. The van der Waals surface area contributed by atoms with Crippen LogP contribution in [0.15, 0.2) is 12.1 Å². The molecule has 0 aromatic heterocycles. The molecule has 0 N–H and O–H groups in total. The Labute approximate surface area is 364 Å². The van der Waals surface area contributed by atoms with Crippen molar-refractivity contribution in [1.29, 1.82) is 0 Å². The average Bonchev–Trinajstić information content (AvgIpc) is 3.23. The van der Waals surface area contributed by atoms with E-state index in [2.05, 4.69) is 13.8 Å². The van der Waals surface area contributed by atoms with Gasteiger partial charge in [0.2, 0.25) is 5.75 Å². The lowest BCUT2D eigenvalue weighted by molar-refractivity contribution is -0.144. The molecule has 0 radical (unpaired) electrons. The number of ether oxygens (including phenoxy) is 6. The Kier molecular flexibility index (Phi) is 34.0. The molecule has 0 bridgehead atoms. The largest absolute Gasteiger partial charge is 0.493 e. The van der Waals surface area contributed by atoms with E-state index in [-0.39, 0.29) is 60.6 Å².